The Bertz CT molecular complexity index is 519. The molecule has 1 saturated heterocycles. The molecule has 144 valence electrons. The van der Waals surface area contributed by atoms with Gasteiger partial charge in [-0.2, -0.15) is 0 Å². The fourth-order valence-corrected chi connectivity index (χ4v) is 3.64. The topological polar surface area (TPSA) is 66.0 Å². The van der Waals surface area contributed by atoms with Crippen LogP contribution in [0.4, 0.5) is 0 Å². The van der Waals surface area contributed by atoms with Crippen LogP contribution in [0.25, 0.3) is 0 Å². The predicted octanol–water partition coefficient (Wildman–Crippen LogP) is 2.01. The molecule has 0 radical (unpaired) electrons. The van der Waals surface area contributed by atoms with Crippen molar-refractivity contribution in [2.24, 2.45) is 16.3 Å². The van der Waals surface area contributed by atoms with E-state index in [1.165, 1.54) is 6.42 Å². The van der Waals surface area contributed by atoms with E-state index in [0.29, 0.717) is 30.6 Å². The summed E-state index contributed by atoms with van der Waals surface area (Å²) in [6, 6.07) is 0.300. The summed E-state index contributed by atoms with van der Waals surface area (Å²) in [7, 11) is 3.48. The van der Waals surface area contributed by atoms with E-state index in [-0.39, 0.29) is 41.8 Å². The van der Waals surface area contributed by atoms with Crippen molar-refractivity contribution in [3.05, 3.63) is 12.2 Å². The summed E-state index contributed by atoms with van der Waals surface area (Å²) in [4.78, 5) is 17.9. The van der Waals surface area contributed by atoms with Gasteiger partial charge in [0.1, 0.15) is 6.54 Å². The quantitative estimate of drug-likeness (QED) is 0.283. The van der Waals surface area contributed by atoms with Crippen LogP contribution in [0.2, 0.25) is 0 Å². The molecule has 0 aromatic heterocycles. The molecule has 7 heteroatoms. The summed E-state index contributed by atoms with van der Waals surface area (Å²) in [5.41, 5.74) is 1.08. The second kappa shape index (κ2) is 9.21. The van der Waals surface area contributed by atoms with E-state index >= 15 is 0 Å². The van der Waals surface area contributed by atoms with Crippen molar-refractivity contribution in [2.75, 3.05) is 33.8 Å². The minimum Gasteiger partial charge on any atom is -0.377 e. The van der Waals surface area contributed by atoms with Gasteiger partial charge in [0, 0.05) is 44.6 Å². The van der Waals surface area contributed by atoms with Crippen molar-refractivity contribution in [3.63, 3.8) is 0 Å². The van der Waals surface area contributed by atoms with Crippen LogP contribution < -0.4 is 10.6 Å². The van der Waals surface area contributed by atoms with Gasteiger partial charge >= 0.3 is 0 Å². The highest BCUT2D eigenvalue weighted by Crippen LogP contribution is 2.51. The third-order valence-corrected chi connectivity index (χ3v) is 5.05. The number of aliphatic imine (C=N–C) groups is 1. The minimum absolute atomic E-state index is 0. The number of rotatable bonds is 5. The molecule has 1 aliphatic heterocycles. The Labute approximate surface area is 168 Å². The standard InChI is InChI=1S/C18H32N4O2.HI/c1-12(2)10-19-17(20-11-14(23)22(5)6)21-15-13-8-7-9-24-16(13)18(15,3)4;/h13,15-16H,1,7-11H2,2-6H3,(H2,19,20,21);1H. The molecule has 0 aromatic carbocycles. The van der Waals surface area contributed by atoms with Crippen LogP contribution in [0.1, 0.15) is 33.6 Å². The number of guanidine groups is 1. The molecule has 1 aliphatic carbocycles. The Kier molecular flexibility index (Phi) is 8.18. The molecule has 1 heterocycles. The fraction of sp³-hybridized carbons (Fsp3) is 0.778. The second-order valence-corrected chi connectivity index (χ2v) is 7.80. The van der Waals surface area contributed by atoms with Crippen LogP contribution in [-0.2, 0) is 9.53 Å². The zero-order valence-electron chi connectivity index (χ0n) is 16.1. The lowest BCUT2D eigenvalue weighted by atomic mass is 9.55. The lowest BCUT2D eigenvalue weighted by molar-refractivity contribution is -0.188. The summed E-state index contributed by atoms with van der Waals surface area (Å²) < 4.78 is 5.96. The average Bonchev–Trinajstić information content (AvgIpc) is 2.53. The molecule has 0 aromatic rings. The Morgan fingerprint density at radius 3 is 2.68 bits per heavy atom. The number of hydrogen-bond donors (Lipinski definition) is 2. The van der Waals surface area contributed by atoms with E-state index in [1.54, 1.807) is 19.0 Å². The largest absolute Gasteiger partial charge is 0.377 e. The molecule has 1 amide bonds. The number of ether oxygens (including phenoxy) is 1. The third-order valence-electron chi connectivity index (χ3n) is 5.05. The van der Waals surface area contributed by atoms with Gasteiger partial charge in [-0.1, -0.05) is 26.0 Å². The molecule has 0 spiro atoms. The maximum atomic E-state index is 11.8. The van der Waals surface area contributed by atoms with Gasteiger partial charge in [0.15, 0.2) is 5.96 Å². The first-order valence-electron chi connectivity index (χ1n) is 8.74. The first-order valence-corrected chi connectivity index (χ1v) is 8.74. The van der Waals surface area contributed by atoms with Crippen molar-refractivity contribution in [1.29, 1.82) is 0 Å². The molecule has 2 N–H and O–H groups in total. The second-order valence-electron chi connectivity index (χ2n) is 7.80. The third kappa shape index (κ3) is 5.32. The fourth-order valence-electron chi connectivity index (χ4n) is 3.64. The number of halogens is 1. The Morgan fingerprint density at radius 2 is 2.08 bits per heavy atom. The smallest absolute Gasteiger partial charge is 0.243 e. The van der Waals surface area contributed by atoms with Gasteiger partial charge in [-0.25, -0.2) is 4.99 Å². The first kappa shape index (κ1) is 22.2. The maximum absolute atomic E-state index is 11.8. The van der Waals surface area contributed by atoms with Crippen LogP contribution in [0.3, 0.4) is 0 Å². The molecule has 3 atom stereocenters. The van der Waals surface area contributed by atoms with Gasteiger partial charge in [-0.05, 0) is 19.8 Å². The normalized spacial score (nSPS) is 27.2. The number of carbonyl (C=O) groups is 1. The molecule has 6 nitrogen and oxygen atoms in total. The van der Waals surface area contributed by atoms with E-state index in [4.69, 9.17) is 4.74 Å². The summed E-state index contributed by atoms with van der Waals surface area (Å²) in [5.74, 6) is 1.17. The summed E-state index contributed by atoms with van der Waals surface area (Å²) >= 11 is 0. The molecule has 1 saturated carbocycles. The number of carbonyl (C=O) groups excluding carboxylic acids is 1. The molecule has 2 fully saturated rings. The van der Waals surface area contributed by atoms with Crippen molar-refractivity contribution in [3.8, 4) is 0 Å². The monoisotopic (exact) mass is 464 g/mol. The highest BCUT2D eigenvalue weighted by Gasteiger charge is 2.58. The number of likely N-dealkylation sites (N-methyl/N-ethyl adjacent to an activating group) is 1. The van der Waals surface area contributed by atoms with Crippen molar-refractivity contribution >= 4 is 35.8 Å². The predicted molar refractivity (Wildman–Crippen MR) is 112 cm³/mol. The van der Waals surface area contributed by atoms with Crippen LogP contribution in [0.15, 0.2) is 17.1 Å². The van der Waals surface area contributed by atoms with E-state index < -0.39 is 0 Å². The number of amides is 1. The van der Waals surface area contributed by atoms with E-state index in [9.17, 15) is 4.79 Å². The summed E-state index contributed by atoms with van der Waals surface area (Å²) in [5, 5.41) is 6.81. The maximum Gasteiger partial charge on any atom is 0.243 e. The lowest BCUT2D eigenvalue weighted by Gasteiger charge is -2.60. The van der Waals surface area contributed by atoms with Gasteiger partial charge in [0.25, 0.3) is 0 Å². The van der Waals surface area contributed by atoms with Crippen molar-refractivity contribution in [2.45, 2.75) is 45.8 Å². The van der Waals surface area contributed by atoms with Gasteiger partial charge in [-0.3, -0.25) is 4.79 Å². The SMILES string of the molecule is C=C(C)CNC(=NCC(=O)N(C)C)NC1C2CCCOC2C1(C)C.I. The van der Waals surface area contributed by atoms with Gasteiger partial charge in [0.2, 0.25) is 5.91 Å². The molecule has 25 heavy (non-hydrogen) atoms. The van der Waals surface area contributed by atoms with Crippen LogP contribution in [0, 0.1) is 11.3 Å². The summed E-state index contributed by atoms with van der Waals surface area (Å²) in [6.07, 6.45) is 2.60. The van der Waals surface area contributed by atoms with Crippen molar-refractivity contribution in [1.82, 2.24) is 15.5 Å². The number of fused-ring (bicyclic) bond motifs is 1. The highest BCUT2D eigenvalue weighted by molar-refractivity contribution is 14.0. The Morgan fingerprint density at radius 1 is 1.40 bits per heavy atom. The molecule has 2 aliphatic rings. The van der Waals surface area contributed by atoms with Crippen LogP contribution in [-0.4, -0.2) is 62.7 Å². The number of nitrogens with zero attached hydrogens (tertiary/aromatic N) is 2. The zero-order chi connectivity index (χ0) is 17.9. The average molecular weight is 464 g/mol. The number of hydrogen-bond acceptors (Lipinski definition) is 3. The molecule has 2 rings (SSSR count). The molecular weight excluding hydrogens is 431 g/mol. The highest BCUT2D eigenvalue weighted by atomic mass is 127. The Balaban J connectivity index is 0.00000312. The van der Waals surface area contributed by atoms with Crippen molar-refractivity contribution < 1.29 is 9.53 Å². The molecular formula is C18H33IN4O2. The van der Waals surface area contributed by atoms with Gasteiger partial charge in [-0.15, -0.1) is 24.0 Å². The van der Waals surface area contributed by atoms with Gasteiger partial charge in [0.05, 0.1) is 6.10 Å². The lowest BCUT2D eigenvalue weighted by Crippen LogP contribution is -2.71. The minimum atomic E-state index is -0.0156. The van der Waals surface area contributed by atoms with Crippen LogP contribution in [0.5, 0.6) is 0 Å². The van der Waals surface area contributed by atoms with E-state index in [1.807, 2.05) is 6.92 Å². The first-order chi connectivity index (χ1) is 11.2. The molecule has 3 unspecified atom stereocenters. The van der Waals surface area contributed by atoms with E-state index in [2.05, 4.69) is 36.1 Å². The van der Waals surface area contributed by atoms with Gasteiger partial charge < -0.3 is 20.3 Å². The number of nitrogens with one attached hydrogen (secondary N) is 2. The Hall–Kier alpha value is -0.830. The van der Waals surface area contributed by atoms with Crippen LogP contribution >= 0.6 is 24.0 Å². The molecule has 0 bridgehead atoms. The van der Waals surface area contributed by atoms with E-state index in [0.717, 1.165) is 18.6 Å². The summed E-state index contributed by atoms with van der Waals surface area (Å²) in [6.45, 7) is 12.0. The zero-order valence-corrected chi connectivity index (χ0v) is 18.4.